The number of hydrogen-bond donors (Lipinski definition) is 1. The second kappa shape index (κ2) is 10.8. The summed E-state index contributed by atoms with van der Waals surface area (Å²) in [5.41, 5.74) is 2.30. The van der Waals surface area contributed by atoms with Gasteiger partial charge >= 0.3 is 11.9 Å². The smallest absolute Gasteiger partial charge is 0.345 e. The standard InChI is InChI=1S/C29H22F2N2O5/c30-23-14-22(27-25(26(23)31)20(10-11-32)16-37-27)18-6-8-21(9-7-18)36-15-17-3-1-4-19(13-17)28(34)38-29(35)24-5-2-12-33-24/h1,3-4,6-9,13-14,16,24,33H,2,5,10,12,15H2/t24-/m0/s1. The summed E-state index contributed by atoms with van der Waals surface area (Å²) in [5.74, 6) is -2.87. The average molecular weight is 517 g/mol. The van der Waals surface area contributed by atoms with E-state index in [4.69, 9.17) is 19.2 Å². The number of esters is 2. The summed E-state index contributed by atoms with van der Waals surface area (Å²) in [6, 6.07) is 15.9. The average Bonchev–Trinajstić information content (AvgIpc) is 3.62. The van der Waals surface area contributed by atoms with Crippen LogP contribution in [0.25, 0.3) is 22.1 Å². The van der Waals surface area contributed by atoms with Gasteiger partial charge in [-0.15, -0.1) is 0 Å². The molecule has 0 unspecified atom stereocenters. The summed E-state index contributed by atoms with van der Waals surface area (Å²) in [6.07, 6.45) is 2.66. The summed E-state index contributed by atoms with van der Waals surface area (Å²) >= 11 is 0. The van der Waals surface area contributed by atoms with E-state index in [0.29, 0.717) is 28.9 Å². The molecule has 192 valence electrons. The van der Waals surface area contributed by atoms with Crippen LogP contribution in [0.5, 0.6) is 5.75 Å². The normalized spacial score (nSPS) is 14.8. The van der Waals surface area contributed by atoms with Gasteiger partial charge in [-0.25, -0.2) is 18.4 Å². The molecule has 4 aromatic rings. The molecule has 5 rings (SSSR count). The maximum atomic E-state index is 14.4. The van der Waals surface area contributed by atoms with Crippen molar-refractivity contribution in [1.82, 2.24) is 5.32 Å². The van der Waals surface area contributed by atoms with Gasteiger partial charge < -0.3 is 19.2 Å². The SMILES string of the molecule is N#CCc1coc2c(-c3ccc(OCc4cccc(C(=O)OC(=O)[C@@H]5CCCN5)c4)cc3)cc(F)c(F)c12. The monoisotopic (exact) mass is 516 g/mol. The van der Waals surface area contributed by atoms with Crippen molar-refractivity contribution in [1.29, 1.82) is 5.26 Å². The highest BCUT2D eigenvalue weighted by Gasteiger charge is 2.26. The van der Waals surface area contributed by atoms with Crippen molar-refractivity contribution in [2.24, 2.45) is 0 Å². The number of hydrogen-bond acceptors (Lipinski definition) is 7. The predicted octanol–water partition coefficient (Wildman–Crippen LogP) is 5.46. The number of nitrogens with one attached hydrogen (secondary N) is 1. The number of furan rings is 1. The number of nitriles is 1. The highest BCUT2D eigenvalue weighted by atomic mass is 19.2. The molecule has 0 bridgehead atoms. The van der Waals surface area contributed by atoms with Gasteiger partial charge in [0.25, 0.3) is 0 Å². The Bertz CT molecular complexity index is 1550. The summed E-state index contributed by atoms with van der Waals surface area (Å²) in [6.45, 7) is 0.864. The highest BCUT2D eigenvalue weighted by Crippen LogP contribution is 2.36. The lowest BCUT2D eigenvalue weighted by Gasteiger charge is -2.11. The molecule has 1 saturated heterocycles. The first-order valence-corrected chi connectivity index (χ1v) is 12.0. The van der Waals surface area contributed by atoms with Crippen molar-refractivity contribution >= 4 is 22.9 Å². The molecule has 7 nitrogen and oxygen atoms in total. The number of halogens is 2. The van der Waals surface area contributed by atoms with Crippen molar-refractivity contribution in [3.63, 3.8) is 0 Å². The molecule has 1 aliphatic rings. The number of rotatable bonds is 7. The molecule has 1 aliphatic heterocycles. The Balaban J connectivity index is 1.27. The molecule has 0 saturated carbocycles. The van der Waals surface area contributed by atoms with Gasteiger partial charge in [-0.2, -0.15) is 5.26 Å². The van der Waals surface area contributed by atoms with Gasteiger partial charge in [-0.3, -0.25) is 0 Å². The fourth-order valence-corrected chi connectivity index (χ4v) is 4.43. The lowest BCUT2D eigenvalue weighted by atomic mass is 10.0. The molecule has 2 heterocycles. The summed E-state index contributed by atoms with van der Waals surface area (Å²) in [4.78, 5) is 24.5. The van der Waals surface area contributed by atoms with Gasteiger partial charge in [0.2, 0.25) is 0 Å². The van der Waals surface area contributed by atoms with E-state index >= 15 is 0 Å². The Morgan fingerprint density at radius 3 is 2.68 bits per heavy atom. The Labute approximate surface area is 216 Å². The third kappa shape index (κ3) is 5.12. The number of nitrogens with zero attached hydrogens (tertiary/aromatic N) is 1. The zero-order valence-electron chi connectivity index (χ0n) is 20.1. The van der Waals surface area contributed by atoms with Crippen molar-refractivity contribution in [3.05, 3.63) is 89.2 Å². The van der Waals surface area contributed by atoms with E-state index in [-0.39, 0.29) is 35.1 Å². The van der Waals surface area contributed by atoms with Gasteiger partial charge in [0.05, 0.1) is 29.7 Å². The van der Waals surface area contributed by atoms with Crippen LogP contribution in [0.2, 0.25) is 0 Å². The summed E-state index contributed by atoms with van der Waals surface area (Å²) in [7, 11) is 0. The predicted molar refractivity (Wildman–Crippen MR) is 133 cm³/mol. The van der Waals surface area contributed by atoms with Crippen LogP contribution in [0, 0.1) is 23.0 Å². The lowest BCUT2D eigenvalue weighted by molar-refractivity contribution is -0.139. The molecule has 0 spiro atoms. The minimum atomic E-state index is -1.05. The second-order valence-corrected chi connectivity index (χ2v) is 8.89. The third-order valence-electron chi connectivity index (χ3n) is 6.35. The molecular weight excluding hydrogens is 494 g/mol. The lowest BCUT2D eigenvalue weighted by Crippen LogP contribution is -2.33. The van der Waals surface area contributed by atoms with Crippen molar-refractivity contribution < 1.29 is 32.3 Å². The maximum Gasteiger partial charge on any atom is 0.345 e. The molecule has 38 heavy (non-hydrogen) atoms. The van der Waals surface area contributed by atoms with Crippen LogP contribution in [0.3, 0.4) is 0 Å². The van der Waals surface area contributed by atoms with Gasteiger partial charge in [0.15, 0.2) is 11.6 Å². The Hall–Kier alpha value is -4.55. The molecule has 1 fully saturated rings. The van der Waals surface area contributed by atoms with Gasteiger partial charge in [0.1, 0.15) is 24.0 Å². The fourth-order valence-electron chi connectivity index (χ4n) is 4.43. The van der Waals surface area contributed by atoms with E-state index in [1.807, 2.05) is 6.07 Å². The van der Waals surface area contributed by atoms with E-state index < -0.39 is 29.6 Å². The summed E-state index contributed by atoms with van der Waals surface area (Å²) in [5, 5.41) is 11.9. The van der Waals surface area contributed by atoms with Gasteiger partial charge in [0, 0.05) is 11.1 Å². The molecular formula is C29H22F2N2O5. The first-order chi connectivity index (χ1) is 18.4. The minimum Gasteiger partial charge on any atom is -0.489 e. The van der Waals surface area contributed by atoms with Gasteiger partial charge in [-0.05, 0) is 60.8 Å². The Kier molecular flexibility index (Phi) is 7.15. The van der Waals surface area contributed by atoms with Crippen LogP contribution in [0.15, 0.2) is 65.3 Å². The van der Waals surface area contributed by atoms with Crippen molar-refractivity contribution in [3.8, 4) is 22.9 Å². The maximum absolute atomic E-state index is 14.4. The first kappa shape index (κ1) is 25.1. The zero-order chi connectivity index (χ0) is 26.6. The van der Waals surface area contributed by atoms with E-state index in [9.17, 15) is 18.4 Å². The highest BCUT2D eigenvalue weighted by molar-refractivity contribution is 5.98. The molecule has 1 atom stereocenters. The van der Waals surface area contributed by atoms with Gasteiger partial charge in [-0.1, -0.05) is 24.3 Å². The summed E-state index contributed by atoms with van der Waals surface area (Å²) < 4.78 is 45.1. The first-order valence-electron chi connectivity index (χ1n) is 12.0. The Morgan fingerprint density at radius 1 is 1.13 bits per heavy atom. The molecule has 0 radical (unpaired) electrons. The van der Waals surface area contributed by atoms with Crippen LogP contribution in [-0.2, 0) is 22.6 Å². The second-order valence-electron chi connectivity index (χ2n) is 8.89. The zero-order valence-corrected chi connectivity index (χ0v) is 20.1. The third-order valence-corrected chi connectivity index (χ3v) is 6.35. The number of carbonyl (C=O) groups is 2. The minimum absolute atomic E-state index is 0.0403. The number of benzene rings is 3. The number of fused-ring (bicyclic) bond motifs is 1. The molecule has 1 N–H and O–H groups in total. The molecule has 9 heteroatoms. The van der Waals surface area contributed by atoms with Crippen LogP contribution in [0.4, 0.5) is 8.78 Å². The Morgan fingerprint density at radius 2 is 1.95 bits per heavy atom. The van der Waals surface area contributed by atoms with Crippen LogP contribution in [0.1, 0.15) is 34.3 Å². The van der Waals surface area contributed by atoms with E-state index in [0.717, 1.165) is 19.0 Å². The molecule has 1 aromatic heterocycles. The van der Waals surface area contributed by atoms with Crippen LogP contribution in [-0.4, -0.2) is 24.5 Å². The number of ether oxygens (including phenoxy) is 2. The fraction of sp³-hybridized carbons (Fsp3) is 0.207. The van der Waals surface area contributed by atoms with Crippen molar-refractivity contribution in [2.75, 3.05) is 6.54 Å². The molecule has 3 aromatic carbocycles. The van der Waals surface area contributed by atoms with Crippen LogP contribution >= 0.6 is 0 Å². The van der Waals surface area contributed by atoms with Crippen molar-refractivity contribution in [2.45, 2.75) is 31.9 Å². The molecule has 0 amide bonds. The van der Waals surface area contributed by atoms with E-state index in [2.05, 4.69) is 5.32 Å². The van der Waals surface area contributed by atoms with E-state index in [1.165, 1.54) is 6.26 Å². The molecule has 0 aliphatic carbocycles. The largest absolute Gasteiger partial charge is 0.489 e. The quantitative estimate of drug-likeness (QED) is 0.257. The topological polar surface area (TPSA) is 102 Å². The van der Waals surface area contributed by atoms with Crippen LogP contribution < -0.4 is 10.1 Å². The number of carbonyl (C=O) groups excluding carboxylic acids is 2. The van der Waals surface area contributed by atoms with E-state index in [1.54, 1.807) is 48.5 Å².